The number of benzene rings is 1. The molecule has 0 radical (unpaired) electrons. The zero-order valence-electron chi connectivity index (χ0n) is 10.7. The van der Waals surface area contributed by atoms with Crippen LogP contribution >= 0.6 is 0 Å². The molecule has 0 spiro atoms. The number of esters is 1. The Balaban J connectivity index is 2.24. The van der Waals surface area contributed by atoms with E-state index in [2.05, 4.69) is 4.98 Å². The fourth-order valence-corrected chi connectivity index (χ4v) is 2.48. The average molecular weight is 257 g/mol. The molecule has 2 heterocycles. The van der Waals surface area contributed by atoms with Crippen LogP contribution in [0, 0.1) is 0 Å². The fraction of sp³-hybridized carbons (Fsp3) is 0.267. The Morgan fingerprint density at radius 1 is 1.37 bits per heavy atom. The quantitative estimate of drug-likeness (QED) is 0.842. The van der Waals surface area contributed by atoms with Gasteiger partial charge in [-0.15, -0.1) is 0 Å². The van der Waals surface area contributed by atoms with E-state index in [9.17, 15) is 4.79 Å². The van der Waals surface area contributed by atoms with Crippen molar-refractivity contribution < 1.29 is 14.3 Å². The third-order valence-corrected chi connectivity index (χ3v) is 3.38. The summed E-state index contributed by atoms with van der Waals surface area (Å²) >= 11 is 0. The fourth-order valence-electron chi connectivity index (χ4n) is 2.48. The molecule has 1 aliphatic rings. The van der Waals surface area contributed by atoms with Crippen LogP contribution in [-0.4, -0.2) is 31.3 Å². The van der Waals surface area contributed by atoms with Crippen molar-refractivity contribution in [3.05, 3.63) is 41.6 Å². The van der Waals surface area contributed by atoms with E-state index in [0.717, 1.165) is 28.5 Å². The first-order chi connectivity index (χ1) is 9.31. The number of nitrogens with one attached hydrogen (secondary N) is 1. The number of para-hydroxylation sites is 1. The molecule has 1 aliphatic heterocycles. The molecule has 0 unspecified atom stereocenters. The topological polar surface area (TPSA) is 51.3 Å². The van der Waals surface area contributed by atoms with Crippen LogP contribution in [0.5, 0.6) is 0 Å². The molecular formula is C15H15NO3. The van der Waals surface area contributed by atoms with Crippen molar-refractivity contribution in [1.82, 2.24) is 4.98 Å². The van der Waals surface area contributed by atoms with Crippen molar-refractivity contribution in [2.45, 2.75) is 6.42 Å². The second-order valence-corrected chi connectivity index (χ2v) is 4.47. The van der Waals surface area contributed by atoms with Gasteiger partial charge < -0.3 is 14.5 Å². The zero-order chi connectivity index (χ0) is 13.2. The van der Waals surface area contributed by atoms with Gasteiger partial charge in [-0.1, -0.05) is 24.3 Å². The van der Waals surface area contributed by atoms with Crippen LogP contribution in [0.2, 0.25) is 0 Å². The van der Waals surface area contributed by atoms with Crippen molar-refractivity contribution in [3.63, 3.8) is 0 Å². The monoisotopic (exact) mass is 257 g/mol. The van der Waals surface area contributed by atoms with Crippen LogP contribution < -0.4 is 0 Å². The van der Waals surface area contributed by atoms with Crippen LogP contribution in [-0.2, 0) is 9.47 Å². The summed E-state index contributed by atoms with van der Waals surface area (Å²) in [5, 5.41) is 1.05. The van der Waals surface area contributed by atoms with E-state index in [4.69, 9.17) is 9.47 Å². The number of methoxy groups -OCH3 is 1. The molecule has 3 rings (SSSR count). The van der Waals surface area contributed by atoms with Crippen molar-refractivity contribution in [1.29, 1.82) is 0 Å². The van der Waals surface area contributed by atoms with E-state index in [-0.39, 0.29) is 5.97 Å². The van der Waals surface area contributed by atoms with Gasteiger partial charge in [0.15, 0.2) is 0 Å². The van der Waals surface area contributed by atoms with E-state index in [0.29, 0.717) is 18.9 Å². The molecule has 2 aromatic rings. The molecule has 0 saturated heterocycles. The van der Waals surface area contributed by atoms with Gasteiger partial charge in [0, 0.05) is 16.5 Å². The van der Waals surface area contributed by atoms with E-state index in [1.54, 1.807) is 0 Å². The molecule has 0 amide bonds. The van der Waals surface area contributed by atoms with Gasteiger partial charge >= 0.3 is 5.97 Å². The second-order valence-electron chi connectivity index (χ2n) is 4.47. The predicted molar refractivity (Wildman–Crippen MR) is 73.1 cm³/mol. The van der Waals surface area contributed by atoms with Crippen LogP contribution in [0.15, 0.2) is 30.3 Å². The van der Waals surface area contributed by atoms with Gasteiger partial charge in [0.25, 0.3) is 0 Å². The molecule has 0 atom stereocenters. The summed E-state index contributed by atoms with van der Waals surface area (Å²) in [6, 6.07) is 7.90. The first-order valence-electron chi connectivity index (χ1n) is 6.27. The molecule has 0 aliphatic carbocycles. The second kappa shape index (κ2) is 4.90. The van der Waals surface area contributed by atoms with Crippen LogP contribution in [0.4, 0.5) is 0 Å². The Kier molecular flexibility index (Phi) is 3.09. The van der Waals surface area contributed by atoms with Crippen molar-refractivity contribution in [2.75, 3.05) is 20.3 Å². The third-order valence-electron chi connectivity index (χ3n) is 3.38. The lowest BCUT2D eigenvalue weighted by Gasteiger charge is -2.14. The predicted octanol–water partition coefficient (Wildman–Crippen LogP) is 2.76. The lowest BCUT2D eigenvalue weighted by Crippen LogP contribution is -2.08. The zero-order valence-corrected chi connectivity index (χ0v) is 10.7. The molecule has 0 saturated carbocycles. The molecule has 98 valence electrons. The number of hydrogen-bond acceptors (Lipinski definition) is 3. The summed E-state index contributed by atoms with van der Waals surface area (Å²) in [4.78, 5) is 15.1. The van der Waals surface area contributed by atoms with Crippen LogP contribution in [0.3, 0.4) is 0 Å². The molecule has 1 aromatic heterocycles. The highest BCUT2D eigenvalue weighted by Gasteiger charge is 2.21. The van der Waals surface area contributed by atoms with Crippen molar-refractivity contribution >= 4 is 22.4 Å². The minimum absolute atomic E-state index is 0.335. The standard InChI is InChI=1S/C15H15NO3/c1-18-15(17)14-13(10-6-8-19-9-7-10)11-4-2-3-5-12(11)16-14/h2-6,16H,7-9H2,1H3. The number of carbonyl (C=O) groups excluding carboxylic acids is 1. The highest BCUT2D eigenvalue weighted by atomic mass is 16.5. The van der Waals surface area contributed by atoms with E-state index in [1.807, 2.05) is 30.3 Å². The number of ether oxygens (including phenoxy) is 2. The molecule has 19 heavy (non-hydrogen) atoms. The largest absolute Gasteiger partial charge is 0.464 e. The number of aromatic nitrogens is 1. The smallest absolute Gasteiger partial charge is 0.355 e. The molecule has 4 nitrogen and oxygen atoms in total. The highest BCUT2D eigenvalue weighted by molar-refractivity contribution is 6.04. The minimum Gasteiger partial charge on any atom is -0.464 e. The van der Waals surface area contributed by atoms with Crippen LogP contribution in [0.1, 0.15) is 22.5 Å². The first-order valence-corrected chi connectivity index (χ1v) is 6.27. The van der Waals surface area contributed by atoms with E-state index >= 15 is 0 Å². The summed E-state index contributed by atoms with van der Waals surface area (Å²) in [5.74, 6) is -0.335. The molecule has 1 N–H and O–H groups in total. The van der Waals surface area contributed by atoms with Gasteiger partial charge in [0.05, 0.1) is 20.3 Å². The molecule has 0 bridgehead atoms. The first kappa shape index (κ1) is 12.0. The molecule has 0 fully saturated rings. The molecule has 1 aromatic carbocycles. The number of fused-ring (bicyclic) bond motifs is 1. The Morgan fingerprint density at radius 3 is 2.95 bits per heavy atom. The normalized spacial score (nSPS) is 15.3. The van der Waals surface area contributed by atoms with E-state index in [1.165, 1.54) is 7.11 Å². The van der Waals surface area contributed by atoms with Crippen molar-refractivity contribution in [3.8, 4) is 0 Å². The Hall–Kier alpha value is -2.07. The Morgan fingerprint density at radius 2 is 2.21 bits per heavy atom. The Labute approximate surface area is 111 Å². The molecule has 4 heteroatoms. The van der Waals surface area contributed by atoms with Gasteiger partial charge in [-0.05, 0) is 18.1 Å². The highest BCUT2D eigenvalue weighted by Crippen LogP contribution is 2.32. The van der Waals surface area contributed by atoms with Gasteiger partial charge in [0.2, 0.25) is 0 Å². The lowest BCUT2D eigenvalue weighted by molar-refractivity contribution is 0.0594. The van der Waals surface area contributed by atoms with E-state index < -0.39 is 0 Å². The van der Waals surface area contributed by atoms with Gasteiger partial charge in [-0.25, -0.2) is 4.79 Å². The number of rotatable bonds is 2. The summed E-state index contributed by atoms with van der Waals surface area (Å²) in [5.41, 5.74) is 3.57. The maximum Gasteiger partial charge on any atom is 0.355 e. The van der Waals surface area contributed by atoms with Gasteiger partial charge in [-0.2, -0.15) is 0 Å². The Bertz CT molecular complexity index is 654. The molecular weight excluding hydrogens is 242 g/mol. The number of carbonyl (C=O) groups is 1. The van der Waals surface area contributed by atoms with Crippen LogP contribution in [0.25, 0.3) is 16.5 Å². The lowest BCUT2D eigenvalue weighted by atomic mass is 9.98. The summed E-state index contributed by atoms with van der Waals surface area (Å²) < 4.78 is 10.2. The minimum atomic E-state index is -0.335. The third kappa shape index (κ3) is 2.04. The van der Waals surface area contributed by atoms with Gasteiger partial charge in [0.1, 0.15) is 5.69 Å². The maximum atomic E-state index is 11.9. The van der Waals surface area contributed by atoms with Crippen molar-refractivity contribution in [2.24, 2.45) is 0 Å². The number of H-pyrrole nitrogens is 1. The van der Waals surface area contributed by atoms with Gasteiger partial charge in [-0.3, -0.25) is 0 Å². The average Bonchev–Trinajstić information content (AvgIpc) is 2.86. The summed E-state index contributed by atoms with van der Waals surface area (Å²) in [7, 11) is 1.40. The summed E-state index contributed by atoms with van der Waals surface area (Å²) in [6.45, 7) is 1.28. The summed E-state index contributed by atoms with van der Waals surface area (Å²) in [6.07, 6.45) is 2.84. The number of aromatic amines is 1. The number of hydrogen-bond donors (Lipinski definition) is 1. The maximum absolute atomic E-state index is 11.9. The SMILES string of the molecule is COC(=O)c1[nH]c2ccccc2c1C1=CCOCC1.